The summed E-state index contributed by atoms with van der Waals surface area (Å²) in [6.07, 6.45) is 0.307. The number of benzene rings is 2. The highest BCUT2D eigenvalue weighted by atomic mass is 16.6. The SMILES string of the molecule is COc1ccc2c(C3CO3)cccc2c1. The molecular weight excluding hydrogens is 188 g/mol. The van der Waals surface area contributed by atoms with E-state index in [1.807, 2.05) is 6.07 Å². The molecule has 1 saturated heterocycles. The molecule has 76 valence electrons. The molecule has 0 N–H and O–H groups in total. The van der Waals surface area contributed by atoms with Gasteiger partial charge in [0.2, 0.25) is 0 Å². The van der Waals surface area contributed by atoms with Crippen LogP contribution in [0.1, 0.15) is 11.7 Å². The Labute approximate surface area is 88.4 Å². The van der Waals surface area contributed by atoms with Gasteiger partial charge >= 0.3 is 0 Å². The molecule has 0 saturated carbocycles. The molecule has 1 heterocycles. The zero-order valence-corrected chi connectivity index (χ0v) is 8.57. The average molecular weight is 200 g/mol. The number of hydrogen-bond donors (Lipinski definition) is 0. The van der Waals surface area contributed by atoms with Crippen molar-refractivity contribution in [2.75, 3.05) is 13.7 Å². The highest BCUT2D eigenvalue weighted by Crippen LogP contribution is 2.35. The lowest BCUT2D eigenvalue weighted by atomic mass is 10.0. The van der Waals surface area contributed by atoms with Crippen LogP contribution >= 0.6 is 0 Å². The van der Waals surface area contributed by atoms with Crippen LogP contribution < -0.4 is 4.74 Å². The van der Waals surface area contributed by atoms with Crippen LogP contribution in [0.3, 0.4) is 0 Å². The van der Waals surface area contributed by atoms with Gasteiger partial charge in [0.15, 0.2) is 0 Å². The molecule has 15 heavy (non-hydrogen) atoms. The molecule has 0 radical (unpaired) electrons. The normalized spacial score (nSPS) is 19.1. The lowest BCUT2D eigenvalue weighted by Crippen LogP contribution is -1.86. The molecule has 2 aromatic carbocycles. The molecule has 3 rings (SSSR count). The van der Waals surface area contributed by atoms with Crippen LogP contribution in [0.25, 0.3) is 10.8 Å². The molecule has 2 nitrogen and oxygen atoms in total. The van der Waals surface area contributed by atoms with E-state index in [0.717, 1.165) is 12.4 Å². The first-order valence-electron chi connectivity index (χ1n) is 5.07. The van der Waals surface area contributed by atoms with Crippen LogP contribution in [0, 0.1) is 0 Å². The molecule has 1 aliphatic heterocycles. The maximum atomic E-state index is 5.33. The van der Waals surface area contributed by atoms with Crippen LogP contribution in [0.15, 0.2) is 36.4 Å². The van der Waals surface area contributed by atoms with Crippen molar-refractivity contribution < 1.29 is 9.47 Å². The molecule has 1 fully saturated rings. The third-order valence-electron chi connectivity index (χ3n) is 2.80. The van der Waals surface area contributed by atoms with Gasteiger partial charge in [-0.05, 0) is 28.5 Å². The third-order valence-corrected chi connectivity index (χ3v) is 2.80. The molecule has 1 atom stereocenters. The zero-order chi connectivity index (χ0) is 10.3. The predicted octanol–water partition coefficient (Wildman–Crippen LogP) is 2.92. The summed E-state index contributed by atoms with van der Waals surface area (Å²) in [5.41, 5.74) is 1.29. The third kappa shape index (κ3) is 1.47. The number of hydrogen-bond acceptors (Lipinski definition) is 2. The quantitative estimate of drug-likeness (QED) is 0.695. The summed E-state index contributed by atoms with van der Waals surface area (Å²) in [5, 5.41) is 2.48. The van der Waals surface area contributed by atoms with E-state index in [0.29, 0.717) is 6.10 Å². The van der Waals surface area contributed by atoms with E-state index in [2.05, 4.69) is 30.3 Å². The fourth-order valence-electron chi connectivity index (χ4n) is 1.92. The Kier molecular flexibility index (Phi) is 1.89. The lowest BCUT2D eigenvalue weighted by molar-refractivity contribution is 0.414. The topological polar surface area (TPSA) is 21.8 Å². The molecule has 0 bridgehead atoms. The van der Waals surface area contributed by atoms with E-state index in [4.69, 9.17) is 9.47 Å². The summed E-state index contributed by atoms with van der Waals surface area (Å²) in [6, 6.07) is 12.5. The summed E-state index contributed by atoms with van der Waals surface area (Å²) >= 11 is 0. The maximum Gasteiger partial charge on any atom is 0.119 e. The smallest absolute Gasteiger partial charge is 0.119 e. The van der Waals surface area contributed by atoms with Crippen LogP contribution in [0.4, 0.5) is 0 Å². The van der Waals surface area contributed by atoms with Crippen molar-refractivity contribution in [2.45, 2.75) is 6.10 Å². The summed E-state index contributed by atoms with van der Waals surface area (Å²) in [7, 11) is 1.69. The van der Waals surface area contributed by atoms with Crippen molar-refractivity contribution in [3.05, 3.63) is 42.0 Å². The van der Waals surface area contributed by atoms with Crippen molar-refractivity contribution in [1.29, 1.82) is 0 Å². The number of fused-ring (bicyclic) bond motifs is 1. The van der Waals surface area contributed by atoms with Crippen LogP contribution in [-0.2, 0) is 4.74 Å². The van der Waals surface area contributed by atoms with Gasteiger partial charge in [0.05, 0.1) is 13.7 Å². The van der Waals surface area contributed by atoms with Gasteiger partial charge in [0, 0.05) is 0 Å². The number of methoxy groups -OCH3 is 1. The predicted molar refractivity (Wildman–Crippen MR) is 59.2 cm³/mol. The highest BCUT2D eigenvalue weighted by Gasteiger charge is 2.26. The molecule has 0 aromatic heterocycles. The minimum atomic E-state index is 0.307. The Morgan fingerprint density at radius 3 is 2.87 bits per heavy atom. The molecule has 2 aromatic rings. The number of ether oxygens (including phenoxy) is 2. The Balaban J connectivity index is 2.21. The molecule has 0 spiro atoms. The van der Waals surface area contributed by atoms with E-state index >= 15 is 0 Å². The second-order valence-electron chi connectivity index (χ2n) is 3.76. The van der Waals surface area contributed by atoms with Crippen molar-refractivity contribution in [3.63, 3.8) is 0 Å². The number of rotatable bonds is 2. The van der Waals surface area contributed by atoms with E-state index in [-0.39, 0.29) is 0 Å². The summed E-state index contributed by atoms with van der Waals surface area (Å²) in [4.78, 5) is 0. The minimum Gasteiger partial charge on any atom is -0.497 e. The second kappa shape index (κ2) is 3.24. The van der Waals surface area contributed by atoms with Gasteiger partial charge in [-0.2, -0.15) is 0 Å². The first kappa shape index (κ1) is 8.74. The largest absolute Gasteiger partial charge is 0.497 e. The lowest BCUT2D eigenvalue weighted by Gasteiger charge is -2.05. The summed E-state index contributed by atoms with van der Waals surface area (Å²) < 4.78 is 10.5. The molecule has 0 aliphatic carbocycles. The van der Waals surface area contributed by atoms with Gasteiger partial charge in [-0.1, -0.05) is 24.3 Å². The second-order valence-corrected chi connectivity index (χ2v) is 3.76. The van der Waals surface area contributed by atoms with E-state index in [1.165, 1.54) is 16.3 Å². The Morgan fingerprint density at radius 1 is 1.27 bits per heavy atom. The summed E-state index contributed by atoms with van der Waals surface area (Å²) in [6.45, 7) is 0.852. The first-order valence-corrected chi connectivity index (χ1v) is 5.07. The monoisotopic (exact) mass is 200 g/mol. The van der Waals surface area contributed by atoms with Crippen molar-refractivity contribution in [2.24, 2.45) is 0 Å². The Morgan fingerprint density at radius 2 is 2.13 bits per heavy atom. The fraction of sp³-hybridized carbons (Fsp3) is 0.231. The van der Waals surface area contributed by atoms with Gasteiger partial charge in [-0.15, -0.1) is 0 Å². The van der Waals surface area contributed by atoms with Gasteiger partial charge < -0.3 is 9.47 Å². The minimum absolute atomic E-state index is 0.307. The molecular formula is C13H12O2. The fourth-order valence-corrected chi connectivity index (χ4v) is 1.92. The molecule has 2 heteroatoms. The zero-order valence-electron chi connectivity index (χ0n) is 8.57. The first-order chi connectivity index (χ1) is 7.38. The molecule has 1 aliphatic rings. The standard InChI is InChI=1S/C13H12O2/c1-14-10-5-6-11-9(7-10)3-2-4-12(11)13-8-15-13/h2-7,13H,8H2,1H3. The van der Waals surface area contributed by atoms with Gasteiger partial charge in [0.1, 0.15) is 11.9 Å². The van der Waals surface area contributed by atoms with E-state index < -0.39 is 0 Å². The Hall–Kier alpha value is -1.54. The van der Waals surface area contributed by atoms with Crippen LogP contribution in [-0.4, -0.2) is 13.7 Å². The maximum absolute atomic E-state index is 5.33. The average Bonchev–Trinajstić information content (AvgIpc) is 3.11. The van der Waals surface area contributed by atoms with Gasteiger partial charge in [-0.25, -0.2) is 0 Å². The Bertz CT molecular complexity index is 501. The van der Waals surface area contributed by atoms with Crippen molar-refractivity contribution >= 4 is 10.8 Å². The van der Waals surface area contributed by atoms with Crippen LogP contribution in [0.2, 0.25) is 0 Å². The molecule has 0 amide bonds. The van der Waals surface area contributed by atoms with Gasteiger partial charge in [0.25, 0.3) is 0 Å². The van der Waals surface area contributed by atoms with Crippen molar-refractivity contribution in [1.82, 2.24) is 0 Å². The highest BCUT2D eigenvalue weighted by molar-refractivity contribution is 5.87. The van der Waals surface area contributed by atoms with Crippen molar-refractivity contribution in [3.8, 4) is 5.75 Å². The molecule has 1 unspecified atom stereocenters. The number of epoxide rings is 1. The van der Waals surface area contributed by atoms with Crippen LogP contribution in [0.5, 0.6) is 5.75 Å². The van der Waals surface area contributed by atoms with E-state index in [9.17, 15) is 0 Å². The van der Waals surface area contributed by atoms with E-state index in [1.54, 1.807) is 7.11 Å². The van der Waals surface area contributed by atoms with Gasteiger partial charge in [-0.3, -0.25) is 0 Å². The summed E-state index contributed by atoms with van der Waals surface area (Å²) in [5.74, 6) is 0.899.